The van der Waals surface area contributed by atoms with Crippen LogP contribution in [-0.4, -0.2) is 28.8 Å². The number of rotatable bonds is 4. The van der Waals surface area contributed by atoms with E-state index in [1.54, 1.807) is 23.1 Å². The molecule has 0 radical (unpaired) electrons. The average molecular weight is 329 g/mol. The normalized spacial score (nSPS) is 22.4. The summed E-state index contributed by atoms with van der Waals surface area (Å²) >= 11 is 12.3. The molecule has 1 aromatic rings. The van der Waals surface area contributed by atoms with Crippen molar-refractivity contribution in [3.8, 4) is 0 Å². The number of hydrogen-bond acceptors (Lipinski definition) is 2. The SMILES string of the molecule is CCC1NC(=O)C(CC)N(Cc2c(Cl)cccc2Cl)C1=O. The molecule has 2 unspecified atom stereocenters. The first kappa shape index (κ1) is 16.1. The second-order valence-electron chi connectivity index (χ2n) is 5.06. The van der Waals surface area contributed by atoms with Crippen LogP contribution in [0.4, 0.5) is 0 Å². The van der Waals surface area contributed by atoms with Gasteiger partial charge in [0, 0.05) is 22.2 Å². The summed E-state index contributed by atoms with van der Waals surface area (Å²) in [6.07, 6.45) is 1.11. The highest BCUT2D eigenvalue weighted by molar-refractivity contribution is 6.36. The van der Waals surface area contributed by atoms with Crippen molar-refractivity contribution >= 4 is 35.0 Å². The number of carbonyl (C=O) groups is 2. The van der Waals surface area contributed by atoms with Gasteiger partial charge in [-0.25, -0.2) is 0 Å². The monoisotopic (exact) mass is 328 g/mol. The number of benzene rings is 1. The molecule has 6 heteroatoms. The molecule has 1 heterocycles. The summed E-state index contributed by atoms with van der Waals surface area (Å²) in [6, 6.07) is 4.27. The summed E-state index contributed by atoms with van der Waals surface area (Å²) in [5.74, 6) is -0.202. The molecule has 114 valence electrons. The van der Waals surface area contributed by atoms with Crippen molar-refractivity contribution in [1.82, 2.24) is 10.2 Å². The highest BCUT2D eigenvalue weighted by atomic mass is 35.5. The number of hydrogen-bond donors (Lipinski definition) is 1. The van der Waals surface area contributed by atoms with Crippen molar-refractivity contribution in [3.63, 3.8) is 0 Å². The lowest BCUT2D eigenvalue weighted by atomic mass is 10.0. The van der Waals surface area contributed by atoms with Gasteiger partial charge in [-0.3, -0.25) is 9.59 Å². The maximum atomic E-state index is 12.5. The Balaban J connectivity index is 2.33. The number of amides is 2. The third-order valence-electron chi connectivity index (χ3n) is 3.76. The quantitative estimate of drug-likeness (QED) is 0.923. The number of piperazine rings is 1. The van der Waals surface area contributed by atoms with Crippen molar-refractivity contribution in [1.29, 1.82) is 0 Å². The summed E-state index contributed by atoms with van der Waals surface area (Å²) in [5.41, 5.74) is 0.678. The predicted octanol–water partition coefficient (Wildman–Crippen LogP) is 3.01. The number of nitrogens with one attached hydrogen (secondary N) is 1. The van der Waals surface area contributed by atoms with Crippen molar-refractivity contribution in [2.75, 3.05) is 0 Å². The molecule has 1 N–H and O–H groups in total. The molecule has 1 aromatic carbocycles. The van der Waals surface area contributed by atoms with Gasteiger partial charge in [-0.05, 0) is 25.0 Å². The molecule has 21 heavy (non-hydrogen) atoms. The number of carbonyl (C=O) groups excluding carboxylic acids is 2. The first-order chi connectivity index (χ1) is 9.99. The summed E-state index contributed by atoms with van der Waals surface area (Å²) in [4.78, 5) is 26.2. The molecule has 0 saturated carbocycles. The van der Waals surface area contributed by atoms with E-state index in [9.17, 15) is 9.59 Å². The van der Waals surface area contributed by atoms with Crippen LogP contribution in [-0.2, 0) is 16.1 Å². The van der Waals surface area contributed by atoms with Gasteiger partial charge in [0.25, 0.3) is 0 Å². The molecule has 0 bridgehead atoms. The molecule has 2 rings (SSSR count). The third kappa shape index (κ3) is 3.16. The van der Waals surface area contributed by atoms with Crippen molar-refractivity contribution in [3.05, 3.63) is 33.8 Å². The highest BCUT2D eigenvalue weighted by Crippen LogP contribution is 2.28. The molecule has 1 fully saturated rings. The Morgan fingerprint density at radius 3 is 2.29 bits per heavy atom. The van der Waals surface area contributed by atoms with Gasteiger partial charge in [0.15, 0.2) is 0 Å². The van der Waals surface area contributed by atoms with Gasteiger partial charge < -0.3 is 10.2 Å². The van der Waals surface area contributed by atoms with E-state index in [2.05, 4.69) is 5.32 Å². The number of halogens is 2. The summed E-state index contributed by atoms with van der Waals surface area (Å²) in [6.45, 7) is 4.00. The smallest absolute Gasteiger partial charge is 0.246 e. The highest BCUT2D eigenvalue weighted by Gasteiger charge is 2.39. The van der Waals surface area contributed by atoms with Crippen molar-refractivity contribution < 1.29 is 9.59 Å². The van der Waals surface area contributed by atoms with Gasteiger partial charge in [0.05, 0.1) is 0 Å². The topological polar surface area (TPSA) is 49.4 Å². The Kier molecular flexibility index (Phi) is 5.12. The second-order valence-corrected chi connectivity index (χ2v) is 5.87. The Bertz CT molecular complexity index is 542. The lowest BCUT2D eigenvalue weighted by molar-refractivity contribution is -0.150. The predicted molar refractivity (Wildman–Crippen MR) is 83.3 cm³/mol. The molecule has 1 saturated heterocycles. The molecule has 1 aliphatic heterocycles. The van der Waals surface area contributed by atoms with Crippen LogP contribution in [0.25, 0.3) is 0 Å². The Morgan fingerprint density at radius 1 is 1.14 bits per heavy atom. The fraction of sp³-hybridized carbons (Fsp3) is 0.467. The van der Waals surface area contributed by atoms with E-state index < -0.39 is 12.1 Å². The zero-order chi connectivity index (χ0) is 15.6. The standard InChI is InChI=1S/C15H18Cl2N2O2/c1-3-12-15(21)19(13(4-2)14(20)18-12)8-9-10(16)6-5-7-11(9)17/h5-7,12-13H,3-4,8H2,1-2H3,(H,18,20). The summed E-state index contributed by atoms with van der Waals surface area (Å²) in [5, 5.41) is 3.77. The van der Waals surface area contributed by atoms with Crippen molar-refractivity contribution in [2.45, 2.75) is 45.3 Å². The minimum absolute atomic E-state index is 0.0834. The van der Waals surface area contributed by atoms with Gasteiger partial charge in [-0.2, -0.15) is 0 Å². The van der Waals surface area contributed by atoms with E-state index in [1.807, 2.05) is 13.8 Å². The molecular weight excluding hydrogens is 311 g/mol. The molecule has 2 atom stereocenters. The lowest BCUT2D eigenvalue weighted by Gasteiger charge is -2.38. The number of nitrogens with zero attached hydrogens (tertiary/aromatic N) is 1. The zero-order valence-corrected chi connectivity index (χ0v) is 13.5. The molecule has 4 nitrogen and oxygen atoms in total. The minimum atomic E-state index is -0.479. The van der Waals surface area contributed by atoms with E-state index in [0.29, 0.717) is 28.5 Å². The van der Waals surface area contributed by atoms with Gasteiger partial charge in [-0.1, -0.05) is 43.1 Å². The van der Waals surface area contributed by atoms with E-state index >= 15 is 0 Å². The fourth-order valence-corrected chi connectivity index (χ4v) is 3.07. The van der Waals surface area contributed by atoms with Gasteiger partial charge in [0.2, 0.25) is 11.8 Å². The van der Waals surface area contributed by atoms with Gasteiger partial charge in [0.1, 0.15) is 12.1 Å². The molecular formula is C15H18Cl2N2O2. The Morgan fingerprint density at radius 2 is 1.76 bits per heavy atom. The largest absolute Gasteiger partial charge is 0.343 e. The second kappa shape index (κ2) is 6.67. The zero-order valence-electron chi connectivity index (χ0n) is 12.0. The van der Waals surface area contributed by atoms with Crippen LogP contribution >= 0.6 is 23.2 Å². The Labute approximate surface area is 134 Å². The van der Waals surface area contributed by atoms with Crippen LogP contribution < -0.4 is 5.32 Å². The summed E-state index contributed by atoms with van der Waals surface area (Å²) in [7, 11) is 0. The van der Waals surface area contributed by atoms with Crippen LogP contribution in [0.1, 0.15) is 32.3 Å². The van der Waals surface area contributed by atoms with E-state index in [1.165, 1.54) is 0 Å². The maximum absolute atomic E-state index is 12.5. The van der Waals surface area contributed by atoms with Crippen LogP contribution in [0.5, 0.6) is 0 Å². The Hall–Kier alpha value is -1.26. The third-order valence-corrected chi connectivity index (χ3v) is 4.47. The lowest BCUT2D eigenvalue weighted by Crippen LogP contribution is -2.62. The minimum Gasteiger partial charge on any atom is -0.343 e. The molecule has 0 aromatic heterocycles. The maximum Gasteiger partial charge on any atom is 0.246 e. The van der Waals surface area contributed by atoms with Gasteiger partial charge in [-0.15, -0.1) is 0 Å². The summed E-state index contributed by atoms with van der Waals surface area (Å²) < 4.78 is 0. The first-order valence-electron chi connectivity index (χ1n) is 7.03. The van der Waals surface area contributed by atoms with Crippen LogP contribution in [0.3, 0.4) is 0 Å². The van der Waals surface area contributed by atoms with E-state index in [4.69, 9.17) is 23.2 Å². The van der Waals surface area contributed by atoms with Crippen LogP contribution in [0.15, 0.2) is 18.2 Å². The molecule has 0 aliphatic carbocycles. The average Bonchev–Trinajstić information content (AvgIpc) is 2.46. The van der Waals surface area contributed by atoms with Crippen molar-refractivity contribution in [2.24, 2.45) is 0 Å². The fourth-order valence-electron chi connectivity index (χ4n) is 2.55. The molecule has 1 aliphatic rings. The molecule has 0 spiro atoms. The van der Waals surface area contributed by atoms with E-state index in [-0.39, 0.29) is 18.4 Å². The van der Waals surface area contributed by atoms with Crippen LogP contribution in [0.2, 0.25) is 10.0 Å². The van der Waals surface area contributed by atoms with Crippen LogP contribution in [0, 0.1) is 0 Å². The van der Waals surface area contributed by atoms with E-state index in [0.717, 1.165) is 0 Å². The molecule has 2 amide bonds. The van der Waals surface area contributed by atoms with Gasteiger partial charge >= 0.3 is 0 Å². The first-order valence-corrected chi connectivity index (χ1v) is 7.78.